The lowest BCUT2D eigenvalue weighted by atomic mass is 9.78. The zero-order valence-electron chi connectivity index (χ0n) is 10.5. The van der Waals surface area contributed by atoms with Crippen molar-refractivity contribution >= 4 is 5.91 Å². The summed E-state index contributed by atoms with van der Waals surface area (Å²) in [6.45, 7) is 4.84. The van der Waals surface area contributed by atoms with Gasteiger partial charge in [-0.15, -0.1) is 0 Å². The third-order valence-corrected chi connectivity index (χ3v) is 3.98. The minimum absolute atomic E-state index is 0.00242. The van der Waals surface area contributed by atoms with E-state index in [9.17, 15) is 4.79 Å². The molecule has 0 unspecified atom stereocenters. The number of likely N-dealkylation sites (tertiary alicyclic amines) is 1. The molecule has 2 rings (SSSR count). The Balaban J connectivity index is 1.93. The molecule has 2 heterocycles. The molecule has 1 amide bonds. The highest BCUT2D eigenvalue weighted by atomic mass is 16.2. The van der Waals surface area contributed by atoms with Crippen LogP contribution in [0.3, 0.4) is 0 Å². The number of likely N-dealkylation sites (N-methyl/N-ethyl adjacent to an activating group) is 1. The van der Waals surface area contributed by atoms with Crippen LogP contribution in [0.25, 0.3) is 0 Å². The minimum Gasteiger partial charge on any atom is -0.341 e. The standard InChI is InChI=1S/C12H23N3O/c1-14(2)9-10-15-8-5-12(11(15)16)3-6-13-7-4-12/h13H,3-10H2,1-2H3. The van der Waals surface area contributed by atoms with E-state index in [0.29, 0.717) is 5.91 Å². The van der Waals surface area contributed by atoms with Gasteiger partial charge in [0.05, 0.1) is 5.41 Å². The van der Waals surface area contributed by atoms with E-state index >= 15 is 0 Å². The molecule has 1 N–H and O–H groups in total. The molecule has 4 heteroatoms. The summed E-state index contributed by atoms with van der Waals surface area (Å²) in [5, 5.41) is 3.34. The molecule has 0 atom stereocenters. The molecule has 92 valence electrons. The van der Waals surface area contributed by atoms with Gasteiger partial charge in [-0.3, -0.25) is 4.79 Å². The summed E-state index contributed by atoms with van der Waals surface area (Å²) in [4.78, 5) is 16.6. The van der Waals surface area contributed by atoms with Crippen LogP contribution in [0.15, 0.2) is 0 Å². The Morgan fingerprint density at radius 1 is 1.31 bits per heavy atom. The van der Waals surface area contributed by atoms with Gasteiger partial charge in [0, 0.05) is 19.6 Å². The number of rotatable bonds is 3. The van der Waals surface area contributed by atoms with Crippen LogP contribution in [0.5, 0.6) is 0 Å². The Bertz CT molecular complexity index is 259. The molecule has 1 spiro atoms. The molecule has 2 aliphatic rings. The van der Waals surface area contributed by atoms with Crippen LogP contribution < -0.4 is 5.32 Å². The molecule has 0 aromatic carbocycles. The highest BCUT2D eigenvalue weighted by Crippen LogP contribution is 2.39. The normalized spacial score (nSPS) is 24.7. The van der Waals surface area contributed by atoms with Gasteiger partial charge in [-0.05, 0) is 46.4 Å². The van der Waals surface area contributed by atoms with Crippen molar-refractivity contribution in [1.29, 1.82) is 0 Å². The Labute approximate surface area is 98.0 Å². The maximum atomic E-state index is 12.4. The van der Waals surface area contributed by atoms with Crippen molar-refractivity contribution < 1.29 is 4.79 Å². The number of piperidine rings is 1. The number of carbonyl (C=O) groups excluding carboxylic acids is 1. The van der Waals surface area contributed by atoms with Crippen LogP contribution in [0.2, 0.25) is 0 Å². The molecule has 0 saturated carbocycles. The minimum atomic E-state index is -0.00242. The molecule has 0 bridgehead atoms. The largest absolute Gasteiger partial charge is 0.341 e. The quantitative estimate of drug-likeness (QED) is 0.743. The van der Waals surface area contributed by atoms with Crippen molar-refractivity contribution in [2.24, 2.45) is 5.41 Å². The smallest absolute Gasteiger partial charge is 0.228 e. The molecule has 4 nitrogen and oxygen atoms in total. The van der Waals surface area contributed by atoms with Gasteiger partial charge in [-0.1, -0.05) is 0 Å². The first-order chi connectivity index (χ1) is 7.64. The van der Waals surface area contributed by atoms with Crippen LogP contribution in [-0.2, 0) is 4.79 Å². The Morgan fingerprint density at radius 3 is 2.62 bits per heavy atom. The van der Waals surface area contributed by atoms with Crippen molar-refractivity contribution in [3.8, 4) is 0 Å². The average Bonchev–Trinajstić information content (AvgIpc) is 2.56. The fourth-order valence-electron chi connectivity index (χ4n) is 2.80. The second kappa shape index (κ2) is 4.72. The van der Waals surface area contributed by atoms with Gasteiger partial charge in [0.15, 0.2) is 0 Å². The van der Waals surface area contributed by atoms with E-state index in [1.54, 1.807) is 0 Å². The number of hydrogen-bond donors (Lipinski definition) is 1. The third-order valence-electron chi connectivity index (χ3n) is 3.98. The molecule has 0 aliphatic carbocycles. The summed E-state index contributed by atoms with van der Waals surface area (Å²) < 4.78 is 0. The van der Waals surface area contributed by atoms with Gasteiger partial charge in [-0.2, -0.15) is 0 Å². The first kappa shape index (κ1) is 11.9. The first-order valence-electron chi connectivity index (χ1n) is 6.29. The van der Waals surface area contributed by atoms with Crippen LogP contribution in [0.1, 0.15) is 19.3 Å². The number of nitrogens with zero attached hydrogens (tertiary/aromatic N) is 2. The molecule has 0 radical (unpaired) electrons. The van der Waals surface area contributed by atoms with E-state index in [-0.39, 0.29) is 5.41 Å². The van der Waals surface area contributed by atoms with Crippen molar-refractivity contribution in [3.63, 3.8) is 0 Å². The van der Waals surface area contributed by atoms with Gasteiger partial charge >= 0.3 is 0 Å². The first-order valence-corrected chi connectivity index (χ1v) is 6.29. The van der Waals surface area contributed by atoms with Crippen LogP contribution in [-0.4, -0.2) is 62.5 Å². The maximum absolute atomic E-state index is 12.4. The molecule has 0 aromatic rings. The van der Waals surface area contributed by atoms with Gasteiger partial charge in [0.1, 0.15) is 0 Å². The second-order valence-corrected chi connectivity index (χ2v) is 5.38. The maximum Gasteiger partial charge on any atom is 0.228 e. The van der Waals surface area contributed by atoms with Gasteiger partial charge < -0.3 is 15.1 Å². The number of carbonyl (C=O) groups is 1. The number of nitrogens with one attached hydrogen (secondary N) is 1. The Hall–Kier alpha value is -0.610. The summed E-state index contributed by atoms with van der Waals surface area (Å²) in [5.41, 5.74) is -0.00242. The lowest BCUT2D eigenvalue weighted by Crippen LogP contribution is -2.43. The Morgan fingerprint density at radius 2 is 2.00 bits per heavy atom. The highest BCUT2D eigenvalue weighted by molar-refractivity contribution is 5.85. The molecular formula is C12H23N3O. The topological polar surface area (TPSA) is 35.6 Å². The summed E-state index contributed by atoms with van der Waals surface area (Å²) in [7, 11) is 4.11. The van der Waals surface area contributed by atoms with Gasteiger partial charge in [-0.25, -0.2) is 0 Å². The third kappa shape index (κ3) is 2.23. The molecule has 2 fully saturated rings. The number of amides is 1. The van der Waals surface area contributed by atoms with Crippen LogP contribution in [0, 0.1) is 5.41 Å². The molecule has 2 saturated heterocycles. The van der Waals surface area contributed by atoms with E-state index in [0.717, 1.165) is 52.0 Å². The van der Waals surface area contributed by atoms with Gasteiger partial charge in [0.2, 0.25) is 5.91 Å². The van der Waals surface area contributed by atoms with E-state index in [2.05, 4.69) is 29.2 Å². The fourth-order valence-corrected chi connectivity index (χ4v) is 2.80. The molecule has 16 heavy (non-hydrogen) atoms. The summed E-state index contributed by atoms with van der Waals surface area (Å²) in [5.74, 6) is 0.413. The average molecular weight is 225 g/mol. The molecule has 2 aliphatic heterocycles. The Kier molecular flexibility index (Phi) is 3.50. The summed E-state index contributed by atoms with van der Waals surface area (Å²) in [6.07, 6.45) is 3.13. The fraction of sp³-hybridized carbons (Fsp3) is 0.917. The van der Waals surface area contributed by atoms with E-state index in [4.69, 9.17) is 0 Å². The van der Waals surface area contributed by atoms with Crippen molar-refractivity contribution in [1.82, 2.24) is 15.1 Å². The number of hydrogen-bond acceptors (Lipinski definition) is 3. The predicted octanol–water partition coefficient (Wildman–Crippen LogP) is 0.150. The molecule has 0 aromatic heterocycles. The summed E-state index contributed by atoms with van der Waals surface area (Å²) in [6, 6.07) is 0. The van der Waals surface area contributed by atoms with E-state index < -0.39 is 0 Å². The van der Waals surface area contributed by atoms with Crippen LogP contribution >= 0.6 is 0 Å². The van der Waals surface area contributed by atoms with Crippen molar-refractivity contribution in [2.75, 3.05) is 46.8 Å². The molecular weight excluding hydrogens is 202 g/mol. The van der Waals surface area contributed by atoms with E-state index in [1.165, 1.54) is 0 Å². The second-order valence-electron chi connectivity index (χ2n) is 5.38. The zero-order chi connectivity index (χ0) is 11.6. The van der Waals surface area contributed by atoms with Gasteiger partial charge in [0.25, 0.3) is 0 Å². The van der Waals surface area contributed by atoms with Crippen LogP contribution in [0.4, 0.5) is 0 Å². The highest BCUT2D eigenvalue weighted by Gasteiger charge is 2.46. The van der Waals surface area contributed by atoms with E-state index in [1.807, 2.05) is 0 Å². The predicted molar refractivity (Wildman–Crippen MR) is 64.3 cm³/mol. The van der Waals surface area contributed by atoms with Crippen molar-refractivity contribution in [2.45, 2.75) is 19.3 Å². The summed E-state index contributed by atoms with van der Waals surface area (Å²) >= 11 is 0. The SMILES string of the molecule is CN(C)CCN1CCC2(CCNCC2)C1=O. The zero-order valence-corrected chi connectivity index (χ0v) is 10.5. The lowest BCUT2D eigenvalue weighted by molar-refractivity contribution is -0.137. The monoisotopic (exact) mass is 225 g/mol. The van der Waals surface area contributed by atoms with Crippen molar-refractivity contribution in [3.05, 3.63) is 0 Å². The lowest BCUT2D eigenvalue weighted by Gasteiger charge is -2.32.